The monoisotopic (exact) mass is 409 g/mol. The number of nitrogens with two attached hydrogens (primary N) is 1. The van der Waals surface area contributed by atoms with Gasteiger partial charge in [0.1, 0.15) is 22.8 Å². The number of fused-ring (bicyclic) bond motifs is 1. The molecule has 8 nitrogen and oxygen atoms in total. The molecule has 0 atom stereocenters. The number of pyridine rings is 2. The highest BCUT2D eigenvalue weighted by Crippen LogP contribution is 2.31. The first-order valence-electron chi connectivity index (χ1n) is 8.83. The van der Waals surface area contributed by atoms with Crippen molar-refractivity contribution in [2.24, 2.45) is 0 Å². The lowest BCUT2D eigenvalue weighted by molar-refractivity contribution is -0.141. The van der Waals surface area contributed by atoms with Crippen molar-refractivity contribution in [3.05, 3.63) is 46.1 Å². The molecule has 0 saturated carbocycles. The minimum Gasteiger partial charge on any atom is -0.382 e. The number of likely N-dealkylation sites (N-methyl/N-ethyl adjacent to an activating group) is 2. The summed E-state index contributed by atoms with van der Waals surface area (Å²) >= 11 is 0. The highest BCUT2D eigenvalue weighted by Gasteiger charge is 2.34. The summed E-state index contributed by atoms with van der Waals surface area (Å²) < 4.78 is 40.4. The zero-order valence-corrected chi connectivity index (χ0v) is 16.3. The number of nitrogen functional groups attached to an aromatic ring is 1. The van der Waals surface area contributed by atoms with E-state index in [-0.39, 0.29) is 23.4 Å². The maximum atomic E-state index is 13.1. The number of H-pyrrole nitrogens is 1. The first kappa shape index (κ1) is 20.6. The third-order valence-corrected chi connectivity index (χ3v) is 4.51. The molecule has 3 heterocycles. The minimum atomic E-state index is -4.67. The molecule has 0 bridgehead atoms. The molecule has 0 unspecified atom stereocenters. The average Bonchev–Trinajstić information content (AvgIpc) is 2.96. The van der Waals surface area contributed by atoms with Gasteiger partial charge < -0.3 is 20.5 Å². The van der Waals surface area contributed by atoms with Crippen LogP contribution in [0.4, 0.5) is 24.8 Å². The summed E-state index contributed by atoms with van der Waals surface area (Å²) in [6.07, 6.45) is -3.07. The Balaban J connectivity index is 1.89. The molecule has 0 fully saturated rings. The van der Waals surface area contributed by atoms with Gasteiger partial charge >= 0.3 is 11.9 Å². The van der Waals surface area contributed by atoms with Gasteiger partial charge in [-0.05, 0) is 31.8 Å². The molecule has 3 rings (SSSR count). The number of halogens is 3. The van der Waals surface area contributed by atoms with Crippen molar-refractivity contribution in [2.75, 3.05) is 44.9 Å². The second kappa shape index (κ2) is 7.74. The van der Waals surface area contributed by atoms with Crippen LogP contribution in [-0.2, 0) is 12.7 Å². The number of alkyl halides is 3. The molecule has 0 aliphatic heterocycles. The normalized spacial score (nSPS) is 12.1. The van der Waals surface area contributed by atoms with Crippen LogP contribution in [0.25, 0.3) is 11.0 Å². The van der Waals surface area contributed by atoms with Gasteiger partial charge in [-0.2, -0.15) is 13.2 Å². The number of hydrogen-bond donors (Lipinski definition) is 2. The molecule has 0 saturated heterocycles. The van der Waals surface area contributed by atoms with Gasteiger partial charge in [0.2, 0.25) is 0 Å². The van der Waals surface area contributed by atoms with Crippen molar-refractivity contribution < 1.29 is 13.2 Å². The van der Waals surface area contributed by atoms with Crippen LogP contribution < -0.4 is 16.3 Å². The molecule has 156 valence electrons. The lowest BCUT2D eigenvalue weighted by Gasteiger charge is -2.20. The largest absolute Gasteiger partial charge is 0.433 e. The summed E-state index contributed by atoms with van der Waals surface area (Å²) in [6.45, 7) is 1.70. The fraction of sp³-hybridized carbons (Fsp3) is 0.389. The SMILES string of the molecule is CN(C)CCN(C)c1ccc(Cn2c(=O)[nH]c3c(N)nc(C(F)(F)F)cc32)cn1. The Morgan fingerprint density at radius 3 is 2.52 bits per heavy atom. The second-order valence-electron chi connectivity index (χ2n) is 7.05. The van der Waals surface area contributed by atoms with Gasteiger partial charge in [0, 0.05) is 26.3 Å². The molecule has 3 aromatic rings. The van der Waals surface area contributed by atoms with Gasteiger partial charge in [-0.25, -0.2) is 14.8 Å². The zero-order chi connectivity index (χ0) is 21.3. The first-order valence-corrected chi connectivity index (χ1v) is 8.83. The fourth-order valence-electron chi connectivity index (χ4n) is 2.86. The molecule has 0 aliphatic rings. The Morgan fingerprint density at radius 2 is 1.93 bits per heavy atom. The van der Waals surface area contributed by atoms with Crippen molar-refractivity contribution in [2.45, 2.75) is 12.7 Å². The summed E-state index contributed by atoms with van der Waals surface area (Å²) in [6, 6.07) is 4.41. The molecule has 0 radical (unpaired) electrons. The van der Waals surface area contributed by atoms with E-state index < -0.39 is 17.6 Å². The van der Waals surface area contributed by atoms with Crippen LogP contribution in [0.1, 0.15) is 11.3 Å². The Kier molecular flexibility index (Phi) is 5.51. The Morgan fingerprint density at radius 1 is 1.21 bits per heavy atom. The van der Waals surface area contributed by atoms with Gasteiger partial charge in [-0.15, -0.1) is 0 Å². The van der Waals surface area contributed by atoms with E-state index in [2.05, 4.69) is 19.9 Å². The molecule has 0 aliphatic carbocycles. The third kappa shape index (κ3) is 4.50. The Bertz CT molecular complexity index is 1050. The van der Waals surface area contributed by atoms with E-state index in [4.69, 9.17) is 5.73 Å². The van der Waals surface area contributed by atoms with Crippen LogP contribution in [0.5, 0.6) is 0 Å². The van der Waals surface area contributed by atoms with Crippen molar-refractivity contribution in [1.82, 2.24) is 24.4 Å². The smallest absolute Gasteiger partial charge is 0.382 e. The number of nitrogens with zero attached hydrogens (tertiary/aromatic N) is 5. The van der Waals surface area contributed by atoms with Gasteiger partial charge in [0.05, 0.1) is 12.1 Å². The Hall–Kier alpha value is -3.08. The molecule has 3 aromatic heterocycles. The van der Waals surface area contributed by atoms with Crippen molar-refractivity contribution in [1.29, 1.82) is 0 Å². The van der Waals surface area contributed by atoms with Crippen molar-refractivity contribution in [3.63, 3.8) is 0 Å². The highest BCUT2D eigenvalue weighted by atomic mass is 19.4. The standard InChI is InChI=1S/C18H22F3N7O/c1-26(2)6-7-27(3)14-5-4-11(9-23-14)10-28-12-8-13(18(19,20)21)24-16(22)15(12)25-17(28)29/h4-5,8-9H,6-7,10H2,1-3H3,(H2,22,24)(H,25,29). The molecule has 3 N–H and O–H groups in total. The van der Waals surface area contributed by atoms with Crippen LogP contribution >= 0.6 is 0 Å². The summed E-state index contributed by atoms with van der Waals surface area (Å²) in [5, 5.41) is 0. The van der Waals surface area contributed by atoms with E-state index in [0.717, 1.165) is 25.0 Å². The van der Waals surface area contributed by atoms with Crippen molar-refractivity contribution >= 4 is 22.7 Å². The van der Waals surface area contributed by atoms with E-state index in [1.54, 1.807) is 12.3 Å². The van der Waals surface area contributed by atoms with Crippen LogP contribution in [0, 0.1) is 0 Å². The maximum Gasteiger partial charge on any atom is 0.433 e. The number of anilines is 2. The summed E-state index contributed by atoms with van der Waals surface area (Å²) in [7, 11) is 5.88. The summed E-state index contributed by atoms with van der Waals surface area (Å²) in [5.41, 5.74) is 4.69. The van der Waals surface area contributed by atoms with Crippen LogP contribution in [0.2, 0.25) is 0 Å². The number of hydrogen-bond acceptors (Lipinski definition) is 6. The number of imidazole rings is 1. The van der Waals surface area contributed by atoms with Crippen molar-refractivity contribution in [3.8, 4) is 0 Å². The van der Waals surface area contributed by atoms with E-state index in [0.29, 0.717) is 5.56 Å². The van der Waals surface area contributed by atoms with E-state index in [9.17, 15) is 18.0 Å². The van der Waals surface area contributed by atoms with E-state index in [1.807, 2.05) is 32.1 Å². The quantitative estimate of drug-likeness (QED) is 0.644. The van der Waals surface area contributed by atoms with E-state index >= 15 is 0 Å². The van der Waals surface area contributed by atoms with Crippen LogP contribution in [-0.4, -0.2) is 58.7 Å². The predicted octanol–water partition coefficient (Wildman–Crippen LogP) is 1.77. The number of aromatic nitrogens is 4. The molecule has 29 heavy (non-hydrogen) atoms. The minimum absolute atomic E-state index is 0.0435. The first-order chi connectivity index (χ1) is 13.6. The number of rotatable bonds is 6. The number of nitrogens with one attached hydrogen (secondary N) is 1. The topological polar surface area (TPSA) is 96.1 Å². The van der Waals surface area contributed by atoms with Gasteiger partial charge in [0.15, 0.2) is 0 Å². The van der Waals surface area contributed by atoms with Crippen LogP contribution in [0.15, 0.2) is 29.2 Å². The molecule has 0 aromatic carbocycles. The molecule has 0 spiro atoms. The maximum absolute atomic E-state index is 13.1. The number of aromatic amines is 1. The summed E-state index contributed by atoms with van der Waals surface area (Å²) in [5.74, 6) is 0.386. The second-order valence-corrected chi connectivity index (χ2v) is 7.05. The Labute approximate surface area is 164 Å². The van der Waals surface area contributed by atoms with Gasteiger partial charge in [-0.1, -0.05) is 6.07 Å². The lowest BCUT2D eigenvalue weighted by Crippen LogP contribution is -2.29. The lowest BCUT2D eigenvalue weighted by atomic mass is 10.2. The van der Waals surface area contributed by atoms with Gasteiger partial charge in [0.25, 0.3) is 0 Å². The van der Waals surface area contributed by atoms with E-state index in [1.165, 1.54) is 4.57 Å². The molecule has 11 heteroatoms. The third-order valence-electron chi connectivity index (χ3n) is 4.51. The molecular formula is C18H22F3N7O. The molecular weight excluding hydrogens is 387 g/mol. The predicted molar refractivity (Wildman–Crippen MR) is 105 cm³/mol. The fourth-order valence-corrected chi connectivity index (χ4v) is 2.86. The molecule has 0 amide bonds. The van der Waals surface area contributed by atoms with Gasteiger partial charge in [-0.3, -0.25) is 4.57 Å². The summed E-state index contributed by atoms with van der Waals surface area (Å²) in [4.78, 5) is 26.5. The van der Waals surface area contributed by atoms with Crippen LogP contribution in [0.3, 0.4) is 0 Å². The average molecular weight is 409 g/mol. The zero-order valence-electron chi connectivity index (χ0n) is 16.3. The highest BCUT2D eigenvalue weighted by molar-refractivity contribution is 5.85.